The van der Waals surface area contributed by atoms with Gasteiger partial charge in [-0.1, -0.05) is 9.95 Å². The van der Waals surface area contributed by atoms with Gasteiger partial charge >= 0.3 is 16.6 Å². The lowest BCUT2D eigenvalue weighted by molar-refractivity contribution is 0.0523. The van der Waals surface area contributed by atoms with Crippen molar-refractivity contribution >= 4 is 22.3 Å². The van der Waals surface area contributed by atoms with E-state index < -0.39 is 22.2 Å². The third kappa shape index (κ3) is 6.80. The number of anilines is 1. The van der Waals surface area contributed by atoms with Crippen molar-refractivity contribution in [1.29, 1.82) is 0 Å². The second-order valence-corrected chi connectivity index (χ2v) is 6.16. The Morgan fingerprint density at radius 2 is 2.00 bits per heavy atom. The van der Waals surface area contributed by atoms with Crippen molar-refractivity contribution in [3.8, 4) is 5.75 Å². The number of hydrogen-bond acceptors (Lipinski definition) is 6. The van der Waals surface area contributed by atoms with Crippen molar-refractivity contribution in [3.05, 3.63) is 23.8 Å². The Labute approximate surface area is 122 Å². The van der Waals surface area contributed by atoms with E-state index >= 15 is 0 Å². The van der Waals surface area contributed by atoms with Crippen LogP contribution in [0.1, 0.15) is 26.3 Å². The number of amides is 1. The zero-order chi connectivity index (χ0) is 16.3. The van der Waals surface area contributed by atoms with Gasteiger partial charge in [0.05, 0.1) is 5.69 Å². The number of ether oxygens (including phenoxy) is 1. The van der Waals surface area contributed by atoms with E-state index in [2.05, 4.69) is 9.50 Å². The first-order chi connectivity index (χ1) is 9.46. The summed E-state index contributed by atoms with van der Waals surface area (Å²) in [5.74, 6) is -0.346. The van der Waals surface area contributed by atoms with Crippen LogP contribution in [-0.4, -0.2) is 20.1 Å². The van der Waals surface area contributed by atoms with Gasteiger partial charge in [-0.3, -0.25) is 0 Å². The molecule has 0 aliphatic rings. The lowest BCUT2D eigenvalue weighted by atomic mass is 10.2. The summed E-state index contributed by atoms with van der Waals surface area (Å²) in [5.41, 5.74) is 5.25. The van der Waals surface area contributed by atoms with Crippen molar-refractivity contribution in [1.82, 2.24) is 5.32 Å². The smallest absolute Gasteiger partial charge is 0.444 e. The van der Waals surface area contributed by atoms with Crippen LogP contribution in [0.2, 0.25) is 0 Å². The van der Waals surface area contributed by atoms with Crippen LogP contribution in [0.15, 0.2) is 18.2 Å². The summed E-state index contributed by atoms with van der Waals surface area (Å²) in [6.45, 7) is 5.19. The molecule has 1 aromatic rings. The molecule has 1 amide bonds. The number of carbonyl (C=O) groups excluding carboxylic acids is 1. The highest BCUT2D eigenvalue weighted by Gasteiger charge is 2.16. The number of carbonyl (C=O) groups is 1. The fourth-order valence-electron chi connectivity index (χ4n) is 1.36. The van der Waals surface area contributed by atoms with Gasteiger partial charge in [0.1, 0.15) is 5.60 Å². The number of nitrogen functional groups attached to an aromatic ring is 1. The summed E-state index contributed by atoms with van der Waals surface area (Å²) < 4.78 is 42.5. The summed E-state index contributed by atoms with van der Waals surface area (Å²) in [6.07, 6.45) is -0.639. The zero-order valence-electron chi connectivity index (χ0n) is 11.8. The third-order valence-corrected chi connectivity index (χ3v) is 2.48. The highest BCUT2D eigenvalue weighted by atomic mass is 32.3. The summed E-state index contributed by atoms with van der Waals surface area (Å²) >= 11 is 0. The van der Waals surface area contributed by atoms with E-state index in [-0.39, 0.29) is 18.0 Å². The molecule has 9 heteroatoms. The Morgan fingerprint density at radius 3 is 2.52 bits per heavy atom. The molecule has 0 radical (unpaired) electrons. The van der Waals surface area contributed by atoms with Crippen molar-refractivity contribution in [2.75, 3.05) is 5.73 Å². The van der Waals surface area contributed by atoms with E-state index in [1.165, 1.54) is 18.2 Å². The first kappa shape index (κ1) is 17.0. The molecule has 0 unspecified atom stereocenters. The Morgan fingerprint density at radius 1 is 1.38 bits per heavy atom. The number of rotatable bonds is 4. The maximum absolute atomic E-state index is 12.5. The zero-order valence-corrected chi connectivity index (χ0v) is 12.7. The minimum atomic E-state index is -5.16. The minimum absolute atomic E-state index is 0.0396. The molecule has 1 rings (SSSR count). The van der Waals surface area contributed by atoms with Gasteiger partial charge in [0, 0.05) is 6.54 Å². The molecule has 7 nitrogen and oxygen atoms in total. The van der Waals surface area contributed by atoms with Gasteiger partial charge < -0.3 is 20.0 Å². The molecule has 0 aliphatic heterocycles. The van der Waals surface area contributed by atoms with E-state index in [1.54, 1.807) is 20.8 Å². The number of hydrogen-bond donors (Lipinski definition) is 2. The molecule has 0 saturated carbocycles. The Balaban J connectivity index is 2.73. The molecule has 3 N–H and O–H groups in total. The minimum Gasteiger partial charge on any atom is -0.444 e. The number of nitrogens with one attached hydrogen (secondary N) is 1. The van der Waals surface area contributed by atoms with Crippen LogP contribution in [0.3, 0.4) is 0 Å². The van der Waals surface area contributed by atoms with Crippen LogP contribution in [0.25, 0.3) is 0 Å². The average Bonchev–Trinajstić information content (AvgIpc) is 2.26. The van der Waals surface area contributed by atoms with E-state index in [1.807, 2.05) is 0 Å². The Bertz CT molecular complexity index is 625. The predicted octanol–water partition coefficient (Wildman–Crippen LogP) is 1.89. The van der Waals surface area contributed by atoms with E-state index in [4.69, 9.17) is 10.5 Å². The maximum Gasteiger partial charge on any atom is 0.488 e. The quantitative estimate of drug-likeness (QED) is 0.648. The van der Waals surface area contributed by atoms with Crippen molar-refractivity contribution in [3.63, 3.8) is 0 Å². The van der Waals surface area contributed by atoms with Gasteiger partial charge in [-0.05, 0) is 38.5 Å². The summed E-state index contributed by atoms with van der Waals surface area (Å²) in [5, 5.41) is 2.46. The van der Waals surface area contributed by atoms with Crippen molar-refractivity contribution < 1.29 is 26.0 Å². The first-order valence-electron chi connectivity index (χ1n) is 5.95. The second-order valence-electron chi connectivity index (χ2n) is 5.20. The van der Waals surface area contributed by atoms with Gasteiger partial charge in [0.15, 0.2) is 5.75 Å². The molecule has 118 valence electrons. The van der Waals surface area contributed by atoms with Gasteiger partial charge in [0.25, 0.3) is 0 Å². The van der Waals surface area contributed by atoms with Crippen LogP contribution in [-0.2, 0) is 21.8 Å². The topological polar surface area (TPSA) is 108 Å². The highest BCUT2D eigenvalue weighted by molar-refractivity contribution is 7.81. The maximum atomic E-state index is 12.5. The number of halogens is 1. The van der Waals surface area contributed by atoms with E-state index in [0.717, 1.165) is 0 Å². The summed E-state index contributed by atoms with van der Waals surface area (Å²) in [4.78, 5) is 11.5. The number of benzene rings is 1. The average molecular weight is 320 g/mol. The largest absolute Gasteiger partial charge is 0.488 e. The normalized spacial score (nSPS) is 11.8. The van der Waals surface area contributed by atoms with E-state index in [9.17, 15) is 17.1 Å². The van der Waals surface area contributed by atoms with Crippen molar-refractivity contribution in [2.45, 2.75) is 32.9 Å². The molecule has 0 heterocycles. The van der Waals surface area contributed by atoms with Crippen LogP contribution in [0, 0.1) is 0 Å². The summed E-state index contributed by atoms with van der Waals surface area (Å²) in [7, 11) is -5.16. The monoisotopic (exact) mass is 320 g/mol. The van der Waals surface area contributed by atoms with Crippen LogP contribution >= 0.6 is 0 Å². The molecule has 0 spiro atoms. The number of alkyl carbamates (subject to hydrolysis) is 1. The molecule has 1 aromatic carbocycles. The third-order valence-electron chi connectivity index (χ3n) is 2.10. The van der Waals surface area contributed by atoms with Crippen molar-refractivity contribution in [2.24, 2.45) is 0 Å². The molecule has 0 saturated heterocycles. The van der Waals surface area contributed by atoms with E-state index in [0.29, 0.717) is 5.56 Å². The van der Waals surface area contributed by atoms with Crippen LogP contribution in [0.5, 0.6) is 5.75 Å². The molecular weight excluding hydrogens is 303 g/mol. The SMILES string of the molecule is CC(C)(C)OC(=O)NCc1ccc(N)c(OS(=O)(=O)F)c1. The molecule has 0 fully saturated rings. The molecule has 21 heavy (non-hydrogen) atoms. The fourth-order valence-corrected chi connectivity index (χ4v) is 1.72. The highest BCUT2D eigenvalue weighted by Crippen LogP contribution is 2.24. The summed E-state index contributed by atoms with van der Waals surface area (Å²) in [6, 6.07) is 4.08. The fraction of sp³-hybridized carbons (Fsp3) is 0.417. The standard InChI is InChI=1S/C12H17FN2O5S/c1-12(2,3)19-11(16)15-7-8-4-5-9(14)10(6-8)20-21(13,17)18/h4-6H,7,14H2,1-3H3,(H,15,16). The molecule has 0 aliphatic carbocycles. The van der Waals surface area contributed by atoms with Crippen LogP contribution in [0.4, 0.5) is 14.4 Å². The van der Waals surface area contributed by atoms with Gasteiger partial charge in [-0.2, -0.15) is 8.42 Å². The lowest BCUT2D eigenvalue weighted by Crippen LogP contribution is -2.32. The lowest BCUT2D eigenvalue weighted by Gasteiger charge is -2.19. The second kappa shape index (κ2) is 6.17. The number of nitrogens with two attached hydrogens (primary N) is 1. The van der Waals surface area contributed by atoms with Gasteiger partial charge in [-0.15, -0.1) is 0 Å². The first-order valence-corrected chi connectivity index (χ1v) is 7.26. The molecule has 0 aromatic heterocycles. The Hall–Kier alpha value is -2.03. The van der Waals surface area contributed by atoms with Crippen LogP contribution < -0.4 is 15.2 Å². The van der Waals surface area contributed by atoms with Gasteiger partial charge in [-0.25, -0.2) is 4.79 Å². The molecular formula is C12H17FN2O5S. The van der Waals surface area contributed by atoms with Gasteiger partial charge in [0.2, 0.25) is 0 Å². The molecule has 0 bridgehead atoms. The molecule has 0 atom stereocenters. The Kier molecular flexibility index (Phi) is 5.00. The predicted molar refractivity (Wildman–Crippen MR) is 74.6 cm³/mol.